The molecule has 2 unspecified atom stereocenters. The number of methoxy groups -OCH3 is 1. The van der Waals surface area contributed by atoms with Crippen LogP contribution in [0.15, 0.2) is 30.6 Å². The number of nitrogens with zero attached hydrogens (tertiary/aromatic N) is 2. The summed E-state index contributed by atoms with van der Waals surface area (Å²) in [5.74, 6) is 0.00989. The molecule has 2 atom stereocenters. The first-order chi connectivity index (χ1) is 9.10. The number of pyridine rings is 1. The van der Waals surface area contributed by atoms with Gasteiger partial charge in [0.1, 0.15) is 5.65 Å². The van der Waals surface area contributed by atoms with Crippen molar-refractivity contribution in [2.24, 2.45) is 0 Å². The third kappa shape index (κ3) is 3.41. The van der Waals surface area contributed by atoms with E-state index in [-0.39, 0.29) is 17.6 Å². The maximum absolute atomic E-state index is 12.1. The number of imidazole rings is 1. The molecule has 2 heterocycles. The predicted molar refractivity (Wildman–Crippen MR) is 73.1 cm³/mol. The first-order valence-electron chi connectivity index (χ1n) is 5.96. The lowest BCUT2D eigenvalue weighted by atomic mass is 10.3. The highest BCUT2D eigenvalue weighted by atomic mass is 32.2. The summed E-state index contributed by atoms with van der Waals surface area (Å²) in [5, 5.41) is -0.239. The van der Waals surface area contributed by atoms with Gasteiger partial charge in [-0.2, -0.15) is 0 Å². The van der Waals surface area contributed by atoms with Crippen LogP contribution in [-0.4, -0.2) is 31.9 Å². The summed E-state index contributed by atoms with van der Waals surface area (Å²) in [5.41, 5.74) is 1.59. The maximum atomic E-state index is 12.1. The number of carbonyl (C=O) groups is 1. The second-order valence-electron chi connectivity index (χ2n) is 4.31. The topological polar surface area (TPSA) is 60.7 Å². The van der Waals surface area contributed by atoms with Crippen LogP contribution in [-0.2, 0) is 26.1 Å². The minimum atomic E-state index is -1.14. The van der Waals surface area contributed by atoms with Gasteiger partial charge in [0.2, 0.25) is 0 Å². The van der Waals surface area contributed by atoms with E-state index in [9.17, 15) is 9.00 Å². The summed E-state index contributed by atoms with van der Waals surface area (Å²) in [7, 11) is 0.192. The van der Waals surface area contributed by atoms with Crippen LogP contribution in [0.2, 0.25) is 0 Å². The summed E-state index contributed by atoms with van der Waals surface area (Å²) < 4.78 is 18.6. The quantitative estimate of drug-likeness (QED) is 0.779. The van der Waals surface area contributed by atoms with Gasteiger partial charge in [0, 0.05) is 28.4 Å². The minimum absolute atomic E-state index is 0.163. The van der Waals surface area contributed by atoms with E-state index in [1.165, 1.54) is 7.11 Å². The number of carbonyl (C=O) groups excluding carboxylic acids is 1. The van der Waals surface area contributed by atoms with E-state index < -0.39 is 10.8 Å². The van der Waals surface area contributed by atoms with Crippen LogP contribution in [0.1, 0.15) is 19.0 Å². The first kappa shape index (κ1) is 13.7. The number of hydrogen-bond donors (Lipinski definition) is 0. The molecule has 0 radical (unpaired) electrons. The zero-order valence-corrected chi connectivity index (χ0v) is 11.7. The molecule has 0 amide bonds. The zero-order chi connectivity index (χ0) is 13.8. The lowest BCUT2D eigenvalue weighted by Gasteiger charge is -2.08. The monoisotopic (exact) mass is 280 g/mol. The van der Waals surface area contributed by atoms with Crippen molar-refractivity contribution < 1.29 is 13.7 Å². The van der Waals surface area contributed by atoms with E-state index in [1.807, 2.05) is 35.0 Å². The molecule has 2 aromatic heterocycles. The van der Waals surface area contributed by atoms with Crippen molar-refractivity contribution in [3.63, 3.8) is 0 Å². The Labute approximate surface area is 114 Å². The molecule has 0 aromatic carbocycles. The molecule has 0 saturated carbocycles. The zero-order valence-electron chi connectivity index (χ0n) is 10.9. The Balaban J connectivity index is 2.04. The van der Waals surface area contributed by atoms with Crippen LogP contribution in [0.5, 0.6) is 0 Å². The molecule has 6 heteroatoms. The van der Waals surface area contributed by atoms with Gasteiger partial charge in [0.25, 0.3) is 0 Å². The number of hydrogen-bond acceptors (Lipinski definition) is 4. The molecule has 0 fully saturated rings. The Kier molecular flexibility index (Phi) is 4.31. The first-order valence-corrected chi connectivity index (χ1v) is 7.35. The smallest absolute Gasteiger partial charge is 0.306 e. The SMILES string of the molecule is COC(=O)CC(C)S(=O)Cc1cn2ccccc2n1. The van der Waals surface area contributed by atoms with Crippen LogP contribution in [0, 0.1) is 0 Å². The van der Waals surface area contributed by atoms with Crippen LogP contribution < -0.4 is 0 Å². The van der Waals surface area contributed by atoms with Crippen molar-refractivity contribution in [1.82, 2.24) is 9.38 Å². The molecule has 0 aliphatic carbocycles. The molecule has 5 nitrogen and oxygen atoms in total. The Morgan fingerprint density at radius 3 is 3.00 bits per heavy atom. The fourth-order valence-electron chi connectivity index (χ4n) is 1.76. The Hall–Kier alpha value is -1.69. The molecule has 2 rings (SSSR count). The van der Waals surface area contributed by atoms with Crippen molar-refractivity contribution in [2.45, 2.75) is 24.3 Å². The van der Waals surface area contributed by atoms with Crippen molar-refractivity contribution in [1.29, 1.82) is 0 Å². The maximum Gasteiger partial charge on any atom is 0.306 e. The van der Waals surface area contributed by atoms with Gasteiger partial charge in [-0.1, -0.05) is 13.0 Å². The Morgan fingerprint density at radius 1 is 1.53 bits per heavy atom. The number of esters is 1. The molecule has 0 spiro atoms. The van der Waals surface area contributed by atoms with E-state index in [0.29, 0.717) is 5.75 Å². The van der Waals surface area contributed by atoms with Gasteiger partial charge in [-0.25, -0.2) is 4.98 Å². The molecule has 0 N–H and O–H groups in total. The summed E-state index contributed by atoms with van der Waals surface area (Å²) in [6.07, 6.45) is 3.92. The summed E-state index contributed by atoms with van der Waals surface area (Å²) in [6.45, 7) is 1.78. The molecule has 0 aliphatic heterocycles. The number of aromatic nitrogens is 2. The highest BCUT2D eigenvalue weighted by molar-refractivity contribution is 7.84. The number of fused-ring (bicyclic) bond motifs is 1. The van der Waals surface area contributed by atoms with Gasteiger partial charge in [-0.15, -0.1) is 0 Å². The molecule has 2 aromatic rings. The van der Waals surface area contributed by atoms with Gasteiger partial charge >= 0.3 is 5.97 Å². The summed E-state index contributed by atoms with van der Waals surface area (Å²) >= 11 is 0. The molecular weight excluding hydrogens is 264 g/mol. The lowest BCUT2D eigenvalue weighted by molar-refractivity contribution is -0.140. The highest BCUT2D eigenvalue weighted by Crippen LogP contribution is 2.11. The fourth-order valence-corrected chi connectivity index (χ4v) is 2.79. The van der Waals surface area contributed by atoms with Crippen molar-refractivity contribution in [3.05, 3.63) is 36.3 Å². The minimum Gasteiger partial charge on any atom is -0.469 e. The number of ether oxygens (including phenoxy) is 1. The third-order valence-electron chi connectivity index (χ3n) is 2.83. The molecule has 0 bridgehead atoms. The lowest BCUT2D eigenvalue weighted by Crippen LogP contribution is -2.18. The highest BCUT2D eigenvalue weighted by Gasteiger charge is 2.17. The van der Waals surface area contributed by atoms with E-state index in [0.717, 1.165) is 11.3 Å². The standard InChI is InChI=1S/C13H16N2O3S/c1-10(7-13(16)18-2)19(17)9-11-8-15-6-4-3-5-12(15)14-11/h3-6,8,10H,7,9H2,1-2H3. The van der Waals surface area contributed by atoms with Crippen molar-refractivity contribution in [3.8, 4) is 0 Å². The molecule has 0 saturated heterocycles. The molecule has 0 aliphatic rings. The molecule has 102 valence electrons. The Bertz CT molecular complexity index is 576. The van der Waals surface area contributed by atoms with Crippen LogP contribution >= 0.6 is 0 Å². The van der Waals surface area contributed by atoms with Crippen molar-refractivity contribution >= 4 is 22.4 Å². The van der Waals surface area contributed by atoms with Gasteiger partial charge < -0.3 is 9.14 Å². The fraction of sp³-hybridized carbons (Fsp3) is 0.385. The third-order valence-corrected chi connectivity index (χ3v) is 4.48. The predicted octanol–water partition coefficient (Wildman–Crippen LogP) is 1.53. The van der Waals surface area contributed by atoms with E-state index in [2.05, 4.69) is 9.72 Å². The average Bonchev–Trinajstić information content (AvgIpc) is 2.80. The second kappa shape index (κ2) is 5.97. The largest absolute Gasteiger partial charge is 0.469 e. The van der Waals surface area contributed by atoms with E-state index in [4.69, 9.17) is 0 Å². The summed E-state index contributed by atoms with van der Waals surface area (Å²) in [6, 6.07) is 5.71. The van der Waals surface area contributed by atoms with Gasteiger partial charge in [-0.3, -0.25) is 9.00 Å². The van der Waals surface area contributed by atoms with E-state index >= 15 is 0 Å². The second-order valence-corrected chi connectivity index (χ2v) is 6.17. The van der Waals surface area contributed by atoms with E-state index in [1.54, 1.807) is 6.92 Å². The molecule has 19 heavy (non-hydrogen) atoms. The van der Waals surface area contributed by atoms with Gasteiger partial charge in [0.05, 0.1) is 25.0 Å². The normalized spacial score (nSPS) is 14.2. The van der Waals surface area contributed by atoms with Crippen LogP contribution in [0.3, 0.4) is 0 Å². The van der Waals surface area contributed by atoms with Gasteiger partial charge in [-0.05, 0) is 12.1 Å². The summed E-state index contributed by atoms with van der Waals surface area (Å²) in [4.78, 5) is 15.5. The van der Waals surface area contributed by atoms with Crippen LogP contribution in [0.25, 0.3) is 5.65 Å². The van der Waals surface area contributed by atoms with Crippen LogP contribution in [0.4, 0.5) is 0 Å². The number of rotatable bonds is 5. The van der Waals surface area contributed by atoms with Gasteiger partial charge in [0.15, 0.2) is 0 Å². The average molecular weight is 280 g/mol. The Morgan fingerprint density at radius 2 is 2.32 bits per heavy atom. The van der Waals surface area contributed by atoms with Crippen molar-refractivity contribution in [2.75, 3.05) is 7.11 Å². The molecular formula is C13H16N2O3S.